The van der Waals surface area contributed by atoms with Crippen LogP contribution in [0.3, 0.4) is 0 Å². The van der Waals surface area contributed by atoms with Crippen molar-refractivity contribution in [2.24, 2.45) is 0 Å². The van der Waals surface area contributed by atoms with Gasteiger partial charge in [-0.3, -0.25) is 4.79 Å². The molecule has 0 heterocycles. The molecule has 4 nitrogen and oxygen atoms in total. The SMILES string of the molecule is CCC/C(=C\CC(=O)O)c1ccc(C)c(C(=O)O)c1. The average Bonchev–Trinajstić information content (AvgIpc) is 2.34. The number of hydrogen-bond donors (Lipinski definition) is 2. The van der Waals surface area contributed by atoms with Crippen LogP contribution in [0.5, 0.6) is 0 Å². The zero-order chi connectivity index (χ0) is 14.4. The van der Waals surface area contributed by atoms with Gasteiger partial charge in [0.05, 0.1) is 12.0 Å². The maximum atomic E-state index is 11.1. The van der Waals surface area contributed by atoms with Crippen LogP contribution in [0.2, 0.25) is 0 Å². The predicted molar refractivity (Wildman–Crippen MR) is 73.3 cm³/mol. The molecule has 0 spiro atoms. The fourth-order valence-corrected chi connectivity index (χ4v) is 1.90. The van der Waals surface area contributed by atoms with Crippen molar-refractivity contribution in [1.29, 1.82) is 0 Å². The van der Waals surface area contributed by atoms with E-state index in [0.29, 0.717) is 5.56 Å². The Kier molecular flexibility index (Phi) is 5.30. The number of aliphatic carboxylic acids is 1. The molecule has 1 rings (SSSR count). The average molecular weight is 262 g/mol. The summed E-state index contributed by atoms with van der Waals surface area (Å²) >= 11 is 0. The van der Waals surface area contributed by atoms with Gasteiger partial charge in [-0.1, -0.05) is 31.6 Å². The second kappa shape index (κ2) is 6.73. The molecule has 0 atom stereocenters. The van der Waals surface area contributed by atoms with Gasteiger partial charge in [-0.2, -0.15) is 0 Å². The minimum atomic E-state index is -0.964. The second-order valence-corrected chi connectivity index (χ2v) is 4.41. The molecule has 0 aliphatic heterocycles. The summed E-state index contributed by atoms with van der Waals surface area (Å²) in [5.74, 6) is -1.85. The van der Waals surface area contributed by atoms with Gasteiger partial charge in [0.25, 0.3) is 0 Å². The lowest BCUT2D eigenvalue weighted by Crippen LogP contribution is -2.01. The van der Waals surface area contributed by atoms with Crippen molar-refractivity contribution in [2.45, 2.75) is 33.1 Å². The molecule has 0 radical (unpaired) electrons. The molecule has 19 heavy (non-hydrogen) atoms. The van der Waals surface area contributed by atoms with E-state index in [1.165, 1.54) is 0 Å². The summed E-state index contributed by atoms with van der Waals surface area (Å²) in [6, 6.07) is 5.20. The molecule has 0 fully saturated rings. The minimum Gasteiger partial charge on any atom is -0.481 e. The summed E-state index contributed by atoms with van der Waals surface area (Å²) in [5.41, 5.74) is 2.62. The van der Waals surface area contributed by atoms with Crippen LogP contribution in [0, 0.1) is 6.92 Å². The number of aromatic carboxylic acids is 1. The lowest BCUT2D eigenvalue weighted by Gasteiger charge is -2.09. The maximum absolute atomic E-state index is 11.1. The van der Waals surface area contributed by atoms with Crippen LogP contribution >= 0.6 is 0 Å². The molecule has 0 amide bonds. The third-order valence-electron chi connectivity index (χ3n) is 2.88. The first-order valence-corrected chi connectivity index (χ1v) is 6.20. The third-order valence-corrected chi connectivity index (χ3v) is 2.88. The minimum absolute atomic E-state index is 0.0500. The molecule has 0 aromatic heterocycles. The van der Waals surface area contributed by atoms with Gasteiger partial charge >= 0.3 is 11.9 Å². The zero-order valence-corrected chi connectivity index (χ0v) is 11.1. The van der Waals surface area contributed by atoms with Gasteiger partial charge in [0.1, 0.15) is 0 Å². The van der Waals surface area contributed by atoms with Crippen LogP contribution in [0.4, 0.5) is 0 Å². The number of hydrogen-bond acceptors (Lipinski definition) is 2. The van der Waals surface area contributed by atoms with E-state index in [2.05, 4.69) is 0 Å². The maximum Gasteiger partial charge on any atom is 0.335 e. The molecule has 0 aliphatic carbocycles. The van der Waals surface area contributed by atoms with E-state index in [9.17, 15) is 9.59 Å². The molecule has 102 valence electrons. The number of benzene rings is 1. The number of carboxylic acid groups (broad SMARTS) is 2. The Hall–Kier alpha value is -2.10. The monoisotopic (exact) mass is 262 g/mol. The molecule has 4 heteroatoms. The summed E-state index contributed by atoms with van der Waals surface area (Å²) < 4.78 is 0. The van der Waals surface area contributed by atoms with E-state index >= 15 is 0 Å². The summed E-state index contributed by atoms with van der Waals surface area (Å²) in [7, 11) is 0. The van der Waals surface area contributed by atoms with E-state index in [1.807, 2.05) is 13.0 Å². The largest absolute Gasteiger partial charge is 0.481 e. The molecule has 0 unspecified atom stereocenters. The smallest absolute Gasteiger partial charge is 0.335 e. The van der Waals surface area contributed by atoms with Crippen molar-refractivity contribution in [3.05, 3.63) is 41.0 Å². The van der Waals surface area contributed by atoms with Gasteiger partial charge in [-0.25, -0.2) is 4.79 Å². The Morgan fingerprint density at radius 1 is 1.26 bits per heavy atom. The molecule has 2 N–H and O–H groups in total. The van der Waals surface area contributed by atoms with Crippen molar-refractivity contribution in [3.8, 4) is 0 Å². The molecule has 0 aliphatic rings. The van der Waals surface area contributed by atoms with Crippen molar-refractivity contribution < 1.29 is 19.8 Å². The lowest BCUT2D eigenvalue weighted by molar-refractivity contribution is -0.136. The summed E-state index contributed by atoms with van der Waals surface area (Å²) in [4.78, 5) is 21.7. The van der Waals surface area contributed by atoms with E-state index < -0.39 is 11.9 Å². The molecular formula is C15H18O4. The Morgan fingerprint density at radius 2 is 1.95 bits per heavy atom. The van der Waals surface area contributed by atoms with Gasteiger partial charge < -0.3 is 10.2 Å². The van der Waals surface area contributed by atoms with Crippen molar-refractivity contribution in [2.75, 3.05) is 0 Å². The number of carbonyl (C=O) groups is 2. The molecular weight excluding hydrogens is 244 g/mol. The second-order valence-electron chi connectivity index (χ2n) is 4.41. The predicted octanol–water partition coefficient (Wildman–Crippen LogP) is 3.35. The molecule has 0 saturated carbocycles. The number of allylic oxidation sites excluding steroid dienone is 1. The summed E-state index contributed by atoms with van der Waals surface area (Å²) in [6.45, 7) is 3.74. The Labute approximate surface area is 112 Å². The summed E-state index contributed by atoms with van der Waals surface area (Å²) in [6.07, 6.45) is 3.21. The highest BCUT2D eigenvalue weighted by atomic mass is 16.4. The first-order chi connectivity index (χ1) is 8.95. The first kappa shape index (κ1) is 15.0. The molecule has 1 aromatic carbocycles. The Balaban J connectivity index is 3.16. The van der Waals surface area contributed by atoms with Crippen LogP contribution in [0.1, 0.15) is 47.7 Å². The molecule has 0 saturated heterocycles. The van der Waals surface area contributed by atoms with Gasteiger partial charge in [0.2, 0.25) is 0 Å². The lowest BCUT2D eigenvalue weighted by atomic mass is 9.96. The van der Waals surface area contributed by atoms with Crippen molar-refractivity contribution >= 4 is 17.5 Å². The van der Waals surface area contributed by atoms with Gasteiger partial charge in [0, 0.05) is 0 Å². The van der Waals surface area contributed by atoms with E-state index in [0.717, 1.165) is 24.0 Å². The standard InChI is InChI=1S/C15H18O4/c1-3-4-11(7-8-14(16)17)12-6-5-10(2)13(9-12)15(18)19/h5-7,9H,3-4,8H2,1-2H3,(H,16,17)(H,18,19)/b11-7+. The third kappa shape index (κ3) is 4.25. The van der Waals surface area contributed by atoms with Crippen LogP contribution < -0.4 is 0 Å². The highest BCUT2D eigenvalue weighted by Crippen LogP contribution is 2.23. The highest BCUT2D eigenvalue weighted by molar-refractivity contribution is 5.90. The van der Waals surface area contributed by atoms with Gasteiger partial charge in [0.15, 0.2) is 0 Å². The Morgan fingerprint density at radius 3 is 2.47 bits per heavy atom. The van der Waals surface area contributed by atoms with E-state index in [1.54, 1.807) is 25.1 Å². The van der Waals surface area contributed by atoms with Gasteiger partial charge in [-0.05, 0) is 36.1 Å². The van der Waals surface area contributed by atoms with E-state index in [4.69, 9.17) is 10.2 Å². The van der Waals surface area contributed by atoms with Crippen LogP contribution in [0.25, 0.3) is 5.57 Å². The summed E-state index contributed by atoms with van der Waals surface area (Å²) in [5, 5.41) is 17.8. The topological polar surface area (TPSA) is 74.6 Å². The van der Waals surface area contributed by atoms with E-state index in [-0.39, 0.29) is 12.0 Å². The van der Waals surface area contributed by atoms with Crippen molar-refractivity contribution in [3.63, 3.8) is 0 Å². The highest BCUT2D eigenvalue weighted by Gasteiger charge is 2.10. The number of carboxylic acids is 2. The van der Waals surface area contributed by atoms with Crippen LogP contribution in [-0.2, 0) is 4.79 Å². The van der Waals surface area contributed by atoms with Crippen molar-refractivity contribution in [1.82, 2.24) is 0 Å². The quantitative estimate of drug-likeness (QED) is 0.824. The fourth-order valence-electron chi connectivity index (χ4n) is 1.90. The Bertz CT molecular complexity index is 515. The van der Waals surface area contributed by atoms with Crippen LogP contribution in [0.15, 0.2) is 24.3 Å². The fraction of sp³-hybridized carbons (Fsp3) is 0.333. The van der Waals surface area contributed by atoms with Gasteiger partial charge in [-0.15, -0.1) is 0 Å². The molecule has 1 aromatic rings. The zero-order valence-electron chi connectivity index (χ0n) is 11.1. The number of rotatable bonds is 6. The van der Waals surface area contributed by atoms with Crippen LogP contribution in [-0.4, -0.2) is 22.2 Å². The normalized spacial score (nSPS) is 11.4. The first-order valence-electron chi connectivity index (χ1n) is 6.20. The molecule has 0 bridgehead atoms. The number of aryl methyl sites for hydroxylation is 1.